The van der Waals surface area contributed by atoms with E-state index in [2.05, 4.69) is 10.3 Å². The van der Waals surface area contributed by atoms with Gasteiger partial charge in [-0.25, -0.2) is 9.38 Å². The van der Waals surface area contributed by atoms with Gasteiger partial charge in [-0.15, -0.1) is 0 Å². The number of ether oxygens (including phenoxy) is 2. The second-order valence-corrected chi connectivity index (χ2v) is 6.85. The fourth-order valence-corrected chi connectivity index (χ4v) is 3.38. The van der Waals surface area contributed by atoms with Crippen LogP contribution in [0.3, 0.4) is 0 Å². The average Bonchev–Trinajstić information content (AvgIpc) is 2.99. The third kappa shape index (κ3) is 4.61. The van der Waals surface area contributed by atoms with Crippen molar-refractivity contribution in [2.75, 3.05) is 13.7 Å². The second-order valence-electron chi connectivity index (χ2n) is 5.42. The zero-order valence-electron chi connectivity index (χ0n) is 14.6. The molecule has 2 aromatic carbocycles. The average molecular weight is 407 g/mol. The van der Waals surface area contributed by atoms with Crippen molar-refractivity contribution in [3.8, 4) is 11.5 Å². The molecule has 1 amide bonds. The van der Waals surface area contributed by atoms with Crippen molar-refractivity contribution in [1.82, 2.24) is 5.32 Å². The number of carbonyl (C=O) groups is 1. The molecule has 27 heavy (non-hydrogen) atoms. The minimum Gasteiger partial charge on any atom is -0.493 e. The van der Waals surface area contributed by atoms with E-state index in [0.29, 0.717) is 44.5 Å². The highest BCUT2D eigenvalue weighted by molar-refractivity contribution is 8.18. The molecule has 0 aromatic heterocycles. The van der Waals surface area contributed by atoms with Gasteiger partial charge in [-0.3, -0.25) is 4.79 Å². The fourth-order valence-electron chi connectivity index (χ4n) is 2.34. The van der Waals surface area contributed by atoms with Gasteiger partial charge >= 0.3 is 0 Å². The van der Waals surface area contributed by atoms with Gasteiger partial charge in [0.1, 0.15) is 5.82 Å². The Morgan fingerprint density at radius 1 is 1.26 bits per heavy atom. The molecule has 0 saturated carbocycles. The summed E-state index contributed by atoms with van der Waals surface area (Å²) in [6.45, 7) is 2.34. The van der Waals surface area contributed by atoms with E-state index in [1.807, 2.05) is 6.92 Å². The molecular weight excluding hydrogens is 391 g/mol. The van der Waals surface area contributed by atoms with Crippen LogP contribution in [0.15, 0.2) is 46.3 Å². The molecule has 2 aromatic rings. The summed E-state index contributed by atoms with van der Waals surface area (Å²) in [6.07, 6.45) is 1.66. The SMILES string of the molecule is CCOc1cc(/C=C2/SC(=Nc3ccc(F)cc3)NC2=O)c(Cl)cc1OC. The number of methoxy groups -OCH3 is 1. The zero-order chi connectivity index (χ0) is 19.4. The largest absolute Gasteiger partial charge is 0.493 e. The molecule has 0 atom stereocenters. The lowest BCUT2D eigenvalue weighted by molar-refractivity contribution is -0.115. The lowest BCUT2D eigenvalue weighted by atomic mass is 10.2. The number of amides is 1. The van der Waals surface area contributed by atoms with Crippen molar-refractivity contribution in [2.24, 2.45) is 4.99 Å². The first-order valence-electron chi connectivity index (χ1n) is 8.05. The number of halogens is 2. The Kier molecular flexibility index (Phi) is 6.03. The Morgan fingerprint density at radius 2 is 2.00 bits per heavy atom. The minimum absolute atomic E-state index is 0.286. The molecule has 3 rings (SSSR count). The van der Waals surface area contributed by atoms with Crippen LogP contribution in [-0.2, 0) is 4.79 Å². The predicted molar refractivity (Wildman–Crippen MR) is 106 cm³/mol. The summed E-state index contributed by atoms with van der Waals surface area (Å²) in [5, 5.41) is 3.52. The van der Waals surface area contributed by atoms with Gasteiger partial charge in [0.2, 0.25) is 0 Å². The van der Waals surface area contributed by atoms with Crippen LogP contribution in [0.5, 0.6) is 11.5 Å². The number of amidine groups is 1. The molecule has 0 radical (unpaired) electrons. The van der Waals surface area contributed by atoms with E-state index in [1.165, 1.54) is 43.1 Å². The van der Waals surface area contributed by atoms with Crippen molar-refractivity contribution in [3.05, 3.63) is 57.7 Å². The third-order valence-electron chi connectivity index (χ3n) is 3.58. The van der Waals surface area contributed by atoms with Crippen LogP contribution in [0, 0.1) is 5.82 Å². The van der Waals surface area contributed by atoms with E-state index in [-0.39, 0.29) is 11.7 Å². The van der Waals surface area contributed by atoms with E-state index < -0.39 is 0 Å². The fraction of sp³-hybridized carbons (Fsp3) is 0.158. The molecule has 1 saturated heterocycles. The maximum Gasteiger partial charge on any atom is 0.264 e. The van der Waals surface area contributed by atoms with Crippen molar-refractivity contribution in [2.45, 2.75) is 6.92 Å². The maximum absolute atomic E-state index is 13.0. The molecule has 0 aliphatic carbocycles. The summed E-state index contributed by atoms with van der Waals surface area (Å²) >= 11 is 7.48. The lowest BCUT2D eigenvalue weighted by Gasteiger charge is -2.11. The maximum atomic E-state index is 13.0. The third-order valence-corrected chi connectivity index (χ3v) is 4.81. The smallest absolute Gasteiger partial charge is 0.264 e. The Hall–Kier alpha value is -2.51. The van der Waals surface area contributed by atoms with E-state index in [4.69, 9.17) is 21.1 Å². The number of carbonyl (C=O) groups excluding carboxylic acids is 1. The highest BCUT2D eigenvalue weighted by Gasteiger charge is 2.24. The van der Waals surface area contributed by atoms with Crippen LogP contribution < -0.4 is 14.8 Å². The molecule has 8 heteroatoms. The lowest BCUT2D eigenvalue weighted by Crippen LogP contribution is -2.19. The standard InChI is InChI=1S/C19H16ClFN2O3S/c1-3-26-16-8-11(14(20)10-15(16)25-2)9-17-18(24)23-19(27-17)22-13-6-4-12(21)5-7-13/h4-10H,3H2,1-2H3,(H,22,23,24)/b17-9+. The Balaban J connectivity index is 1.88. The number of rotatable bonds is 5. The molecule has 0 bridgehead atoms. The molecule has 0 spiro atoms. The summed E-state index contributed by atoms with van der Waals surface area (Å²) in [5.41, 5.74) is 1.17. The number of nitrogens with zero attached hydrogens (tertiary/aromatic N) is 1. The van der Waals surface area contributed by atoms with Crippen LogP contribution in [-0.4, -0.2) is 24.8 Å². The second kappa shape index (κ2) is 8.45. The predicted octanol–water partition coefficient (Wildman–Crippen LogP) is 4.78. The van der Waals surface area contributed by atoms with E-state index in [0.717, 1.165) is 0 Å². The van der Waals surface area contributed by atoms with E-state index in [9.17, 15) is 9.18 Å². The zero-order valence-corrected chi connectivity index (χ0v) is 16.2. The topological polar surface area (TPSA) is 59.9 Å². The van der Waals surface area contributed by atoms with Crippen LogP contribution in [0.25, 0.3) is 6.08 Å². The van der Waals surface area contributed by atoms with Gasteiger partial charge in [0.25, 0.3) is 5.91 Å². The van der Waals surface area contributed by atoms with Gasteiger partial charge in [-0.05, 0) is 60.7 Å². The Labute approximate surface area is 165 Å². The first-order valence-corrected chi connectivity index (χ1v) is 9.25. The molecule has 1 heterocycles. The van der Waals surface area contributed by atoms with Gasteiger partial charge in [0.05, 0.1) is 29.3 Å². The monoisotopic (exact) mass is 406 g/mol. The van der Waals surface area contributed by atoms with Crippen molar-refractivity contribution in [3.63, 3.8) is 0 Å². The number of benzene rings is 2. The van der Waals surface area contributed by atoms with Crippen molar-refractivity contribution in [1.29, 1.82) is 0 Å². The van der Waals surface area contributed by atoms with Gasteiger partial charge in [0, 0.05) is 6.07 Å². The number of hydrogen-bond acceptors (Lipinski definition) is 5. The van der Waals surface area contributed by atoms with Crippen LogP contribution in [0.4, 0.5) is 10.1 Å². The molecule has 1 N–H and O–H groups in total. The quantitative estimate of drug-likeness (QED) is 0.726. The Bertz CT molecular complexity index is 929. The molecule has 1 aliphatic rings. The molecule has 140 valence electrons. The van der Waals surface area contributed by atoms with E-state index >= 15 is 0 Å². The highest BCUT2D eigenvalue weighted by Crippen LogP contribution is 2.36. The molecule has 0 unspecified atom stereocenters. The highest BCUT2D eigenvalue weighted by atomic mass is 35.5. The van der Waals surface area contributed by atoms with Gasteiger partial charge < -0.3 is 14.8 Å². The van der Waals surface area contributed by atoms with Crippen molar-refractivity contribution < 1.29 is 18.7 Å². The molecule has 1 fully saturated rings. The number of thioether (sulfide) groups is 1. The summed E-state index contributed by atoms with van der Waals surface area (Å²) in [7, 11) is 1.53. The normalized spacial score (nSPS) is 16.7. The minimum atomic E-state index is -0.345. The molecule has 5 nitrogen and oxygen atoms in total. The number of hydrogen-bond donors (Lipinski definition) is 1. The molecule has 1 aliphatic heterocycles. The van der Waals surface area contributed by atoms with Crippen LogP contribution in [0.2, 0.25) is 5.02 Å². The van der Waals surface area contributed by atoms with Gasteiger partial charge in [-0.1, -0.05) is 11.6 Å². The number of nitrogens with one attached hydrogen (secondary N) is 1. The summed E-state index contributed by atoms with van der Waals surface area (Å²) in [6, 6.07) is 9.05. The molecular formula is C19H16ClFN2O3S. The summed E-state index contributed by atoms with van der Waals surface area (Å²) < 4.78 is 23.8. The van der Waals surface area contributed by atoms with Crippen molar-refractivity contribution >= 4 is 46.2 Å². The first kappa shape index (κ1) is 19.3. The summed E-state index contributed by atoms with van der Waals surface area (Å²) in [4.78, 5) is 17.0. The van der Waals surface area contributed by atoms with Crippen LogP contribution in [0.1, 0.15) is 12.5 Å². The van der Waals surface area contributed by atoms with E-state index in [1.54, 1.807) is 18.2 Å². The Morgan fingerprint density at radius 3 is 2.67 bits per heavy atom. The van der Waals surface area contributed by atoms with Gasteiger partial charge in [0.15, 0.2) is 16.7 Å². The summed E-state index contributed by atoms with van der Waals surface area (Å²) in [5.74, 6) is 0.429. The van der Waals surface area contributed by atoms with Crippen LogP contribution >= 0.6 is 23.4 Å². The van der Waals surface area contributed by atoms with Gasteiger partial charge in [-0.2, -0.15) is 0 Å². The number of aliphatic imine (C=N–C) groups is 1. The first-order chi connectivity index (χ1) is 13.0.